The molecular weight excluding hydrogens is 365 g/mol. The number of hydrogen-bond acceptors (Lipinski definition) is 3. The molecule has 0 saturated carbocycles. The van der Waals surface area contributed by atoms with Crippen LogP contribution in [0.25, 0.3) is 0 Å². The number of aryl methyl sites for hydroxylation is 1. The van der Waals surface area contributed by atoms with Crippen molar-refractivity contribution < 1.29 is 13.2 Å². The van der Waals surface area contributed by atoms with Gasteiger partial charge in [0.25, 0.3) is 0 Å². The Morgan fingerprint density at radius 1 is 1.38 bits per heavy atom. The quantitative estimate of drug-likeness (QED) is 0.815. The Bertz CT molecular complexity index is 625. The van der Waals surface area contributed by atoms with Crippen LogP contribution in [0, 0.1) is 6.92 Å². The number of hydrogen-bond donors (Lipinski definition) is 1. The standard InChI is InChI=1S/C14H14BrF3N2S/c1-3-19-12(10-6-9(15)5-4-8(10)2)11-7-20-13(21-11)14(16,17)18/h4-7,12,19H,3H2,1-2H3. The summed E-state index contributed by atoms with van der Waals surface area (Å²) in [6, 6.07) is 5.49. The van der Waals surface area contributed by atoms with Crippen molar-refractivity contribution >= 4 is 27.3 Å². The van der Waals surface area contributed by atoms with Crippen LogP contribution in [0.4, 0.5) is 13.2 Å². The number of nitrogens with one attached hydrogen (secondary N) is 1. The van der Waals surface area contributed by atoms with Gasteiger partial charge in [-0.15, -0.1) is 11.3 Å². The van der Waals surface area contributed by atoms with E-state index < -0.39 is 11.2 Å². The molecular formula is C14H14BrF3N2S. The minimum atomic E-state index is -4.40. The second-order valence-corrected chi connectivity index (χ2v) is 6.54. The Morgan fingerprint density at radius 3 is 2.67 bits per heavy atom. The summed E-state index contributed by atoms with van der Waals surface area (Å²) in [6.45, 7) is 4.51. The van der Waals surface area contributed by atoms with Gasteiger partial charge in [0.05, 0.1) is 6.04 Å². The highest BCUT2D eigenvalue weighted by Crippen LogP contribution is 2.37. The van der Waals surface area contributed by atoms with E-state index >= 15 is 0 Å². The van der Waals surface area contributed by atoms with Crippen molar-refractivity contribution in [2.75, 3.05) is 6.54 Å². The van der Waals surface area contributed by atoms with Crippen LogP contribution >= 0.6 is 27.3 Å². The van der Waals surface area contributed by atoms with Gasteiger partial charge in [-0.05, 0) is 36.7 Å². The van der Waals surface area contributed by atoms with E-state index in [9.17, 15) is 13.2 Å². The molecule has 0 aliphatic heterocycles. The zero-order valence-corrected chi connectivity index (χ0v) is 13.9. The van der Waals surface area contributed by atoms with Gasteiger partial charge in [0, 0.05) is 15.5 Å². The summed E-state index contributed by atoms with van der Waals surface area (Å²) in [7, 11) is 0. The Morgan fingerprint density at radius 2 is 2.10 bits per heavy atom. The molecule has 0 fully saturated rings. The maximum absolute atomic E-state index is 12.7. The molecule has 114 valence electrons. The summed E-state index contributed by atoms with van der Waals surface area (Å²) in [5.74, 6) is 0. The molecule has 2 rings (SSSR count). The number of thiazole rings is 1. The van der Waals surface area contributed by atoms with Crippen LogP contribution < -0.4 is 5.32 Å². The summed E-state index contributed by atoms with van der Waals surface area (Å²) in [5, 5.41) is 2.42. The van der Waals surface area contributed by atoms with Gasteiger partial charge in [-0.25, -0.2) is 4.98 Å². The first kappa shape index (κ1) is 16.5. The monoisotopic (exact) mass is 378 g/mol. The molecule has 1 aromatic carbocycles. The number of benzene rings is 1. The summed E-state index contributed by atoms with van der Waals surface area (Å²) in [6.07, 6.45) is -3.09. The minimum Gasteiger partial charge on any atom is -0.306 e. The molecule has 2 nitrogen and oxygen atoms in total. The van der Waals surface area contributed by atoms with Crippen LogP contribution in [0.1, 0.15) is 34.0 Å². The molecule has 0 spiro atoms. The van der Waals surface area contributed by atoms with Crippen molar-refractivity contribution in [2.45, 2.75) is 26.1 Å². The molecule has 1 aromatic heterocycles. The third-order valence-corrected chi connectivity index (χ3v) is 4.61. The second kappa shape index (κ2) is 6.46. The van der Waals surface area contributed by atoms with Crippen molar-refractivity contribution in [3.63, 3.8) is 0 Å². The molecule has 0 saturated heterocycles. The molecule has 21 heavy (non-hydrogen) atoms. The molecule has 2 aromatic rings. The maximum atomic E-state index is 12.7. The lowest BCUT2D eigenvalue weighted by molar-refractivity contribution is -0.137. The van der Waals surface area contributed by atoms with Crippen LogP contribution in [-0.4, -0.2) is 11.5 Å². The van der Waals surface area contributed by atoms with E-state index in [0.29, 0.717) is 22.8 Å². The van der Waals surface area contributed by atoms with Crippen LogP contribution in [0.3, 0.4) is 0 Å². The molecule has 1 heterocycles. The van der Waals surface area contributed by atoms with E-state index in [0.717, 1.165) is 15.6 Å². The molecule has 0 amide bonds. The van der Waals surface area contributed by atoms with Crippen molar-refractivity contribution in [3.05, 3.63) is 49.9 Å². The minimum absolute atomic E-state index is 0.291. The van der Waals surface area contributed by atoms with Crippen molar-refractivity contribution in [1.29, 1.82) is 0 Å². The number of halogens is 4. The van der Waals surface area contributed by atoms with Gasteiger partial charge >= 0.3 is 6.18 Å². The molecule has 1 unspecified atom stereocenters. The fraction of sp³-hybridized carbons (Fsp3) is 0.357. The van der Waals surface area contributed by atoms with Crippen molar-refractivity contribution in [3.8, 4) is 0 Å². The average molecular weight is 379 g/mol. The Balaban J connectivity index is 2.44. The molecule has 7 heteroatoms. The van der Waals surface area contributed by atoms with Crippen LogP contribution in [0.15, 0.2) is 28.9 Å². The predicted molar refractivity (Wildman–Crippen MR) is 81.5 cm³/mol. The molecule has 1 N–H and O–H groups in total. The topological polar surface area (TPSA) is 24.9 Å². The number of rotatable bonds is 4. The molecule has 0 radical (unpaired) electrons. The largest absolute Gasteiger partial charge is 0.443 e. The van der Waals surface area contributed by atoms with E-state index in [2.05, 4.69) is 26.2 Å². The molecule has 0 bridgehead atoms. The van der Waals surface area contributed by atoms with Crippen molar-refractivity contribution in [2.24, 2.45) is 0 Å². The van der Waals surface area contributed by atoms with Gasteiger partial charge in [-0.2, -0.15) is 13.2 Å². The van der Waals surface area contributed by atoms with Crippen molar-refractivity contribution in [1.82, 2.24) is 10.3 Å². The van der Waals surface area contributed by atoms with Gasteiger partial charge < -0.3 is 5.32 Å². The number of nitrogens with zero attached hydrogens (tertiary/aromatic N) is 1. The van der Waals surface area contributed by atoms with Gasteiger partial charge in [-0.3, -0.25) is 0 Å². The van der Waals surface area contributed by atoms with Crippen LogP contribution in [0.2, 0.25) is 0 Å². The fourth-order valence-corrected chi connectivity index (χ4v) is 3.30. The third kappa shape index (κ3) is 3.84. The van der Waals surface area contributed by atoms with E-state index in [1.54, 1.807) is 0 Å². The first-order valence-corrected chi connectivity index (χ1v) is 7.96. The summed E-state index contributed by atoms with van der Waals surface area (Å²) >= 11 is 4.09. The zero-order chi connectivity index (χ0) is 15.6. The lowest BCUT2D eigenvalue weighted by Gasteiger charge is -2.19. The first-order valence-electron chi connectivity index (χ1n) is 6.35. The SMILES string of the molecule is CCNC(c1cnc(C(F)(F)F)s1)c1cc(Br)ccc1C. The predicted octanol–water partition coefficient (Wildman–Crippen LogP) is 4.93. The summed E-state index contributed by atoms with van der Waals surface area (Å²) < 4.78 is 39.0. The molecule has 0 aliphatic carbocycles. The van der Waals surface area contributed by atoms with Crippen LogP contribution in [-0.2, 0) is 6.18 Å². The smallest absolute Gasteiger partial charge is 0.306 e. The lowest BCUT2D eigenvalue weighted by atomic mass is 10.0. The Labute approximate surface area is 133 Å². The van der Waals surface area contributed by atoms with E-state index in [-0.39, 0.29) is 6.04 Å². The number of alkyl halides is 3. The lowest BCUT2D eigenvalue weighted by Crippen LogP contribution is -2.22. The van der Waals surface area contributed by atoms with E-state index in [4.69, 9.17) is 0 Å². The van der Waals surface area contributed by atoms with E-state index in [1.165, 1.54) is 6.20 Å². The Hall–Kier alpha value is -0.920. The molecule has 0 aliphatic rings. The summed E-state index contributed by atoms with van der Waals surface area (Å²) in [4.78, 5) is 4.07. The van der Waals surface area contributed by atoms with Crippen LogP contribution in [0.5, 0.6) is 0 Å². The van der Waals surface area contributed by atoms with Gasteiger partial charge in [0.15, 0.2) is 5.01 Å². The average Bonchev–Trinajstić information content (AvgIpc) is 2.88. The highest BCUT2D eigenvalue weighted by molar-refractivity contribution is 9.10. The van der Waals surface area contributed by atoms with Gasteiger partial charge in [-0.1, -0.05) is 28.9 Å². The third-order valence-electron chi connectivity index (χ3n) is 3.01. The summed E-state index contributed by atoms with van der Waals surface area (Å²) in [5.41, 5.74) is 1.97. The fourth-order valence-electron chi connectivity index (χ4n) is 2.04. The first-order chi connectivity index (χ1) is 9.82. The van der Waals surface area contributed by atoms with E-state index in [1.807, 2.05) is 32.0 Å². The normalized spacial score (nSPS) is 13.4. The van der Waals surface area contributed by atoms with Gasteiger partial charge in [0.1, 0.15) is 0 Å². The van der Waals surface area contributed by atoms with Gasteiger partial charge in [0.2, 0.25) is 0 Å². The highest BCUT2D eigenvalue weighted by Gasteiger charge is 2.35. The molecule has 1 atom stereocenters. The number of aromatic nitrogens is 1. The second-order valence-electron chi connectivity index (χ2n) is 4.56. The Kier molecular flexibility index (Phi) is 5.06. The maximum Gasteiger partial charge on any atom is 0.443 e. The zero-order valence-electron chi connectivity index (χ0n) is 11.5. The highest BCUT2D eigenvalue weighted by atomic mass is 79.9.